The van der Waals surface area contributed by atoms with Gasteiger partial charge < -0.3 is 10.1 Å². The number of ether oxygens (including phenoxy) is 1. The van der Waals surface area contributed by atoms with E-state index in [-0.39, 0.29) is 16.8 Å². The van der Waals surface area contributed by atoms with E-state index in [4.69, 9.17) is 4.74 Å². The number of methoxy groups -OCH3 is 1. The molecule has 138 valence electrons. The summed E-state index contributed by atoms with van der Waals surface area (Å²) in [6.07, 6.45) is 2.45. The molecule has 0 aromatic heterocycles. The first-order valence-corrected chi connectivity index (χ1v) is 10.00. The third-order valence-electron chi connectivity index (χ3n) is 4.16. The van der Waals surface area contributed by atoms with Crippen LogP contribution in [0.2, 0.25) is 0 Å². The quantitative estimate of drug-likeness (QED) is 0.741. The van der Waals surface area contributed by atoms with Crippen molar-refractivity contribution in [3.63, 3.8) is 0 Å². The number of rotatable bonds is 8. The summed E-state index contributed by atoms with van der Waals surface area (Å²) in [4.78, 5) is 12.4. The SMILES string of the molecule is COc1cccc(CCNC(=O)c2ccc(S(=O)(=O)NC3CC3)cc2)c1. The van der Waals surface area contributed by atoms with Crippen LogP contribution >= 0.6 is 0 Å². The fraction of sp³-hybridized carbons (Fsp3) is 0.316. The highest BCUT2D eigenvalue weighted by atomic mass is 32.2. The smallest absolute Gasteiger partial charge is 0.251 e. The number of hydrogen-bond donors (Lipinski definition) is 2. The molecule has 1 saturated carbocycles. The van der Waals surface area contributed by atoms with Gasteiger partial charge in [-0.25, -0.2) is 13.1 Å². The molecule has 0 atom stereocenters. The maximum atomic E-state index is 12.2. The Bertz CT molecular complexity index is 875. The molecule has 1 amide bonds. The Balaban J connectivity index is 1.54. The van der Waals surface area contributed by atoms with Gasteiger partial charge in [-0.2, -0.15) is 0 Å². The van der Waals surface area contributed by atoms with Crippen LogP contribution in [0.15, 0.2) is 53.4 Å². The number of amides is 1. The number of nitrogens with one attached hydrogen (secondary N) is 2. The van der Waals surface area contributed by atoms with E-state index in [2.05, 4.69) is 10.0 Å². The normalized spacial score (nSPS) is 14.0. The van der Waals surface area contributed by atoms with Gasteiger partial charge in [0.1, 0.15) is 5.75 Å². The Hall–Kier alpha value is -2.38. The topological polar surface area (TPSA) is 84.5 Å². The second-order valence-electron chi connectivity index (χ2n) is 6.28. The lowest BCUT2D eigenvalue weighted by Crippen LogP contribution is -2.27. The molecular weight excluding hydrogens is 352 g/mol. The highest BCUT2D eigenvalue weighted by Crippen LogP contribution is 2.22. The molecule has 3 rings (SSSR count). The first-order valence-electron chi connectivity index (χ1n) is 8.51. The van der Waals surface area contributed by atoms with Crippen molar-refractivity contribution in [3.05, 3.63) is 59.7 Å². The molecule has 26 heavy (non-hydrogen) atoms. The summed E-state index contributed by atoms with van der Waals surface area (Å²) >= 11 is 0. The summed E-state index contributed by atoms with van der Waals surface area (Å²) in [5, 5.41) is 2.84. The summed E-state index contributed by atoms with van der Waals surface area (Å²) < 4.78 is 32.0. The maximum Gasteiger partial charge on any atom is 0.251 e. The number of benzene rings is 2. The number of hydrogen-bond acceptors (Lipinski definition) is 4. The van der Waals surface area contributed by atoms with E-state index in [1.807, 2.05) is 24.3 Å². The maximum absolute atomic E-state index is 12.2. The van der Waals surface area contributed by atoms with E-state index in [1.165, 1.54) is 24.3 Å². The van der Waals surface area contributed by atoms with Gasteiger partial charge in [-0.1, -0.05) is 12.1 Å². The van der Waals surface area contributed by atoms with E-state index < -0.39 is 10.0 Å². The predicted molar refractivity (Wildman–Crippen MR) is 98.8 cm³/mol. The van der Waals surface area contributed by atoms with Crippen LogP contribution in [0.4, 0.5) is 0 Å². The Kier molecular flexibility index (Phi) is 5.58. The summed E-state index contributed by atoms with van der Waals surface area (Å²) in [5.74, 6) is 0.553. The van der Waals surface area contributed by atoms with Crippen LogP contribution in [0, 0.1) is 0 Å². The van der Waals surface area contributed by atoms with Crippen molar-refractivity contribution in [1.29, 1.82) is 0 Å². The van der Waals surface area contributed by atoms with Crippen LogP contribution in [-0.2, 0) is 16.4 Å². The largest absolute Gasteiger partial charge is 0.497 e. The minimum absolute atomic E-state index is 0.0552. The molecular formula is C19H22N2O4S. The Morgan fingerprint density at radius 3 is 2.54 bits per heavy atom. The lowest BCUT2D eigenvalue weighted by Gasteiger charge is -2.08. The molecule has 0 heterocycles. The molecule has 2 N–H and O–H groups in total. The van der Waals surface area contributed by atoms with Crippen molar-refractivity contribution in [2.75, 3.05) is 13.7 Å². The van der Waals surface area contributed by atoms with E-state index in [0.29, 0.717) is 18.5 Å². The van der Waals surface area contributed by atoms with Gasteiger partial charge in [0, 0.05) is 18.2 Å². The van der Waals surface area contributed by atoms with Crippen molar-refractivity contribution in [2.45, 2.75) is 30.2 Å². The van der Waals surface area contributed by atoms with Gasteiger partial charge in [0.25, 0.3) is 5.91 Å². The molecule has 0 aliphatic heterocycles. The molecule has 1 aliphatic carbocycles. The van der Waals surface area contributed by atoms with Gasteiger partial charge in [-0.15, -0.1) is 0 Å². The van der Waals surface area contributed by atoms with Crippen LogP contribution in [0.1, 0.15) is 28.8 Å². The molecule has 2 aromatic carbocycles. The van der Waals surface area contributed by atoms with Crippen LogP contribution in [-0.4, -0.2) is 34.0 Å². The van der Waals surface area contributed by atoms with Gasteiger partial charge in [-0.05, 0) is 61.2 Å². The summed E-state index contributed by atoms with van der Waals surface area (Å²) in [7, 11) is -1.88. The molecule has 1 fully saturated rings. The molecule has 2 aromatic rings. The van der Waals surface area contributed by atoms with Gasteiger partial charge in [0.05, 0.1) is 12.0 Å². The minimum Gasteiger partial charge on any atom is -0.497 e. The van der Waals surface area contributed by atoms with E-state index in [9.17, 15) is 13.2 Å². The Morgan fingerprint density at radius 2 is 1.88 bits per heavy atom. The van der Waals surface area contributed by atoms with Crippen molar-refractivity contribution in [3.8, 4) is 5.75 Å². The number of carbonyl (C=O) groups is 1. The van der Waals surface area contributed by atoms with Crippen LogP contribution < -0.4 is 14.8 Å². The van der Waals surface area contributed by atoms with Gasteiger partial charge in [0.2, 0.25) is 10.0 Å². The average molecular weight is 374 g/mol. The Labute approximate surface area is 153 Å². The van der Waals surface area contributed by atoms with E-state index >= 15 is 0 Å². The molecule has 0 radical (unpaired) electrons. The molecule has 1 aliphatic rings. The lowest BCUT2D eigenvalue weighted by atomic mass is 10.1. The van der Waals surface area contributed by atoms with Crippen LogP contribution in [0.3, 0.4) is 0 Å². The molecule has 7 heteroatoms. The molecule has 0 saturated heterocycles. The summed E-state index contributed by atoms with van der Waals surface area (Å²) in [6, 6.07) is 13.7. The third-order valence-corrected chi connectivity index (χ3v) is 5.70. The molecule has 6 nitrogen and oxygen atoms in total. The average Bonchev–Trinajstić information content (AvgIpc) is 3.45. The highest BCUT2D eigenvalue weighted by molar-refractivity contribution is 7.89. The second kappa shape index (κ2) is 7.88. The highest BCUT2D eigenvalue weighted by Gasteiger charge is 2.27. The van der Waals surface area contributed by atoms with Gasteiger partial charge in [0.15, 0.2) is 0 Å². The minimum atomic E-state index is -3.49. The van der Waals surface area contributed by atoms with E-state index in [0.717, 1.165) is 24.2 Å². The van der Waals surface area contributed by atoms with Crippen LogP contribution in [0.5, 0.6) is 5.75 Å². The number of carbonyl (C=O) groups excluding carboxylic acids is 1. The van der Waals surface area contributed by atoms with E-state index in [1.54, 1.807) is 7.11 Å². The predicted octanol–water partition coefficient (Wildman–Crippen LogP) is 2.11. The summed E-state index contributed by atoms with van der Waals surface area (Å²) in [5.41, 5.74) is 1.50. The van der Waals surface area contributed by atoms with Gasteiger partial charge >= 0.3 is 0 Å². The Morgan fingerprint density at radius 1 is 1.15 bits per heavy atom. The van der Waals surface area contributed by atoms with Crippen LogP contribution in [0.25, 0.3) is 0 Å². The van der Waals surface area contributed by atoms with Crippen molar-refractivity contribution in [2.24, 2.45) is 0 Å². The zero-order valence-electron chi connectivity index (χ0n) is 14.6. The fourth-order valence-electron chi connectivity index (χ4n) is 2.52. The van der Waals surface area contributed by atoms with Crippen molar-refractivity contribution < 1.29 is 17.9 Å². The van der Waals surface area contributed by atoms with Crippen molar-refractivity contribution in [1.82, 2.24) is 10.0 Å². The molecule has 0 unspecified atom stereocenters. The lowest BCUT2D eigenvalue weighted by molar-refractivity contribution is 0.0954. The summed E-state index contributed by atoms with van der Waals surface area (Å²) in [6.45, 7) is 0.481. The monoisotopic (exact) mass is 374 g/mol. The molecule has 0 bridgehead atoms. The third kappa shape index (κ3) is 4.83. The second-order valence-corrected chi connectivity index (χ2v) is 7.99. The van der Waals surface area contributed by atoms with Crippen molar-refractivity contribution >= 4 is 15.9 Å². The fourth-order valence-corrected chi connectivity index (χ4v) is 3.83. The standard InChI is InChI=1S/C19H22N2O4S/c1-25-17-4-2-3-14(13-17)11-12-20-19(22)15-5-9-18(10-6-15)26(23,24)21-16-7-8-16/h2-6,9-10,13,16,21H,7-8,11-12H2,1H3,(H,20,22). The zero-order valence-corrected chi connectivity index (χ0v) is 15.4. The van der Waals surface area contributed by atoms with Gasteiger partial charge in [-0.3, -0.25) is 4.79 Å². The molecule has 0 spiro atoms. The zero-order chi connectivity index (χ0) is 18.6. The first kappa shape index (κ1) is 18.4. The first-order chi connectivity index (χ1) is 12.5. The number of sulfonamides is 1.